The number of para-hydroxylation sites is 2. The molecular weight excluding hydrogens is 368 g/mol. The van der Waals surface area contributed by atoms with E-state index in [4.69, 9.17) is 9.15 Å². The smallest absolute Gasteiger partial charge is 0.307 e. The number of nitrogens with zero attached hydrogens (tertiary/aromatic N) is 1. The largest absolute Gasteiger partial charge is 0.453 e. The standard InChI is InChI=1S/C23H28N2O4/c1-14(22(27)25-23-11-15-8-16(12-23)10-17(9-15)13-23)28-21(26)7-6-20-24-18-4-2-3-5-19(18)29-20/h2-5,14-17H,6-13H2,1H3,(H,25,27)/t14-,15?,16?,17?,23?/m0/s1. The van der Waals surface area contributed by atoms with Gasteiger partial charge in [0.15, 0.2) is 17.6 Å². The van der Waals surface area contributed by atoms with Crippen molar-refractivity contribution in [3.8, 4) is 0 Å². The van der Waals surface area contributed by atoms with E-state index in [0.717, 1.165) is 42.5 Å². The van der Waals surface area contributed by atoms with E-state index in [0.29, 0.717) is 17.9 Å². The zero-order chi connectivity index (χ0) is 20.0. The van der Waals surface area contributed by atoms with Crippen LogP contribution in [0.15, 0.2) is 28.7 Å². The minimum absolute atomic E-state index is 0.0648. The molecule has 1 aromatic carbocycles. The average molecular weight is 396 g/mol. The van der Waals surface area contributed by atoms with Crippen LogP contribution in [0, 0.1) is 17.8 Å². The molecule has 1 heterocycles. The van der Waals surface area contributed by atoms with Gasteiger partial charge in [0.1, 0.15) is 5.52 Å². The monoisotopic (exact) mass is 396 g/mol. The van der Waals surface area contributed by atoms with E-state index in [2.05, 4.69) is 10.3 Å². The molecule has 0 radical (unpaired) electrons. The molecule has 0 aliphatic heterocycles. The molecule has 4 fully saturated rings. The van der Waals surface area contributed by atoms with Gasteiger partial charge in [-0.25, -0.2) is 4.98 Å². The summed E-state index contributed by atoms with van der Waals surface area (Å²) < 4.78 is 11.0. The van der Waals surface area contributed by atoms with Gasteiger partial charge in [0.2, 0.25) is 0 Å². The summed E-state index contributed by atoms with van der Waals surface area (Å²) in [4.78, 5) is 29.3. The zero-order valence-corrected chi connectivity index (χ0v) is 16.9. The second kappa shape index (κ2) is 7.15. The molecular formula is C23H28N2O4. The molecule has 4 aliphatic rings. The Bertz CT molecular complexity index is 866. The van der Waals surface area contributed by atoms with Gasteiger partial charge in [-0.05, 0) is 75.3 Å². The SMILES string of the molecule is C[C@H](OC(=O)CCc1nc2ccccc2o1)C(=O)NC12CC3CC(CC(C3)C1)C2. The molecule has 2 aromatic rings. The Labute approximate surface area is 170 Å². The minimum atomic E-state index is -0.779. The summed E-state index contributed by atoms with van der Waals surface area (Å²) in [7, 11) is 0. The van der Waals surface area contributed by atoms with Crippen molar-refractivity contribution in [1.29, 1.82) is 0 Å². The van der Waals surface area contributed by atoms with Gasteiger partial charge in [-0.15, -0.1) is 0 Å². The van der Waals surface area contributed by atoms with Crippen LogP contribution < -0.4 is 5.32 Å². The molecule has 6 rings (SSSR count). The Kier molecular flexibility index (Phi) is 4.60. The van der Waals surface area contributed by atoms with Gasteiger partial charge in [0.05, 0.1) is 6.42 Å². The molecule has 29 heavy (non-hydrogen) atoms. The highest BCUT2D eigenvalue weighted by atomic mass is 16.5. The number of benzene rings is 1. The van der Waals surface area contributed by atoms with Crippen molar-refractivity contribution in [2.75, 3.05) is 0 Å². The van der Waals surface area contributed by atoms with Gasteiger partial charge in [-0.2, -0.15) is 0 Å². The second-order valence-electron chi connectivity index (χ2n) is 9.39. The topological polar surface area (TPSA) is 81.4 Å². The lowest BCUT2D eigenvalue weighted by Gasteiger charge is -2.57. The first kappa shape index (κ1) is 18.6. The number of aryl methyl sites for hydroxylation is 1. The summed E-state index contributed by atoms with van der Waals surface area (Å²) in [6.45, 7) is 1.66. The average Bonchev–Trinajstić information content (AvgIpc) is 3.08. The summed E-state index contributed by atoms with van der Waals surface area (Å²) in [5.41, 5.74) is 1.42. The second-order valence-corrected chi connectivity index (χ2v) is 9.39. The van der Waals surface area contributed by atoms with Crippen LogP contribution in [0.4, 0.5) is 0 Å². The van der Waals surface area contributed by atoms with E-state index in [1.807, 2.05) is 24.3 Å². The molecule has 154 valence electrons. The van der Waals surface area contributed by atoms with E-state index in [1.54, 1.807) is 6.92 Å². The zero-order valence-electron chi connectivity index (χ0n) is 16.9. The summed E-state index contributed by atoms with van der Waals surface area (Å²) in [6.07, 6.45) is 6.97. The van der Waals surface area contributed by atoms with Crippen molar-refractivity contribution in [3.63, 3.8) is 0 Å². The number of carbonyl (C=O) groups is 2. The lowest BCUT2D eigenvalue weighted by atomic mass is 9.53. The van der Waals surface area contributed by atoms with Crippen LogP contribution in [0.2, 0.25) is 0 Å². The maximum absolute atomic E-state index is 12.7. The van der Waals surface area contributed by atoms with E-state index in [9.17, 15) is 9.59 Å². The molecule has 1 amide bonds. The van der Waals surface area contributed by atoms with Crippen LogP contribution in [0.25, 0.3) is 11.1 Å². The van der Waals surface area contributed by atoms with Gasteiger partial charge >= 0.3 is 5.97 Å². The Hall–Kier alpha value is -2.37. The predicted molar refractivity (Wildman–Crippen MR) is 107 cm³/mol. The summed E-state index contributed by atoms with van der Waals surface area (Å²) in [6, 6.07) is 7.50. The van der Waals surface area contributed by atoms with Crippen molar-refractivity contribution in [2.45, 2.75) is 69.9 Å². The number of hydrogen-bond acceptors (Lipinski definition) is 5. The third-order valence-corrected chi connectivity index (χ3v) is 6.99. The fraction of sp³-hybridized carbons (Fsp3) is 0.609. The molecule has 6 nitrogen and oxygen atoms in total. The van der Waals surface area contributed by atoms with Gasteiger partial charge in [-0.3, -0.25) is 9.59 Å². The first-order valence-electron chi connectivity index (χ1n) is 10.8. The number of rotatable bonds is 6. The van der Waals surface area contributed by atoms with Crippen LogP contribution in [-0.2, 0) is 20.7 Å². The van der Waals surface area contributed by atoms with Crippen molar-refractivity contribution < 1.29 is 18.7 Å². The number of aromatic nitrogens is 1. The molecule has 1 aromatic heterocycles. The highest BCUT2D eigenvalue weighted by Gasteiger charge is 2.51. The fourth-order valence-corrected chi connectivity index (χ4v) is 6.17. The molecule has 4 aliphatic carbocycles. The van der Waals surface area contributed by atoms with Crippen molar-refractivity contribution in [2.24, 2.45) is 17.8 Å². The quantitative estimate of drug-likeness (QED) is 0.752. The van der Waals surface area contributed by atoms with E-state index in [1.165, 1.54) is 19.3 Å². The number of oxazole rings is 1. The molecule has 0 saturated heterocycles. The van der Waals surface area contributed by atoms with E-state index < -0.39 is 12.1 Å². The number of fused-ring (bicyclic) bond motifs is 1. The predicted octanol–water partition coefficient (Wildman–Crippen LogP) is 3.78. The highest BCUT2D eigenvalue weighted by molar-refractivity contribution is 5.84. The number of amides is 1. The molecule has 0 spiro atoms. The molecule has 0 unspecified atom stereocenters. The molecule has 1 atom stereocenters. The fourth-order valence-electron chi connectivity index (χ4n) is 6.17. The Morgan fingerprint density at radius 2 is 1.83 bits per heavy atom. The van der Waals surface area contributed by atoms with Crippen LogP contribution in [0.3, 0.4) is 0 Å². The van der Waals surface area contributed by atoms with Crippen molar-refractivity contribution >= 4 is 23.0 Å². The van der Waals surface area contributed by atoms with Gasteiger partial charge < -0.3 is 14.5 Å². The highest BCUT2D eigenvalue weighted by Crippen LogP contribution is 2.55. The van der Waals surface area contributed by atoms with Crippen LogP contribution >= 0.6 is 0 Å². The third-order valence-electron chi connectivity index (χ3n) is 6.99. The normalized spacial score (nSPS) is 31.0. The Morgan fingerprint density at radius 1 is 1.17 bits per heavy atom. The Morgan fingerprint density at radius 3 is 2.48 bits per heavy atom. The third kappa shape index (κ3) is 3.77. The van der Waals surface area contributed by atoms with Crippen LogP contribution in [-0.4, -0.2) is 28.5 Å². The molecule has 4 bridgehead atoms. The number of nitrogens with one attached hydrogen (secondary N) is 1. The first-order chi connectivity index (χ1) is 14.0. The number of ether oxygens (including phenoxy) is 1. The number of hydrogen-bond donors (Lipinski definition) is 1. The number of esters is 1. The summed E-state index contributed by atoms with van der Waals surface area (Å²) in [5.74, 6) is 2.22. The first-order valence-corrected chi connectivity index (χ1v) is 10.8. The van der Waals surface area contributed by atoms with Gasteiger partial charge in [0, 0.05) is 12.0 Å². The van der Waals surface area contributed by atoms with Gasteiger partial charge in [0.25, 0.3) is 5.91 Å². The molecule has 4 saturated carbocycles. The lowest BCUT2D eigenvalue weighted by molar-refractivity contribution is -0.156. The Balaban J connectivity index is 1.13. The minimum Gasteiger partial charge on any atom is -0.453 e. The van der Waals surface area contributed by atoms with Crippen molar-refractivity contribution in [1.82, 2.24) is 10.3 Å². The van der Waals surface area contributed by atoms with Crippen LogP contribution in [0.5, 0.6) is 0 Å². The molecule has 6 heteroatoms. The maximum Gasteiger partial charge on any atom is 0.307 e. The lowest BCUT2D eigenvalue weighted by Crippen LogP contribution is -2.61. The summed E-state index contributed by atoms with van der Waals surface area (Å²) >= 11 is 0. The van der Waals surface area contributed by atoms with Gasteiger partial charge in [-0.1, -0.05) is 12.1 Å². The van der Waals surface area contributed by atoms with Crippen LogP contribution in [0.1, 0.15) is 57.8 Å². The number of carbonyl (C=O) groups excluding carboxylic acids is 2. The van der Waals surface area contributed by atoms with E-state index in [-0.39, 0.29) is 17.9 Å². The summed E-state index contributed by atoms with van der Waals surface area (Å²) in [5, 5.41) is 3.27. The molecule has 1 N–H and O–H groups in total. The van der Waals surface area contributed by atoms with Crippen molar-refractivity contribution in [3.05, 3.63) is 30.2 Å². The maximum atomic E-state index is 12.7. The van der Waals surface area contributed by atoms with E-state index >= 15 is 0 Å².